The van der Waals surface area contributed by atoms with E-state index in [1.807, 2.05) is 4.90 Å². The maximum atomic E-state index is 13.7. The summed E-state index contributed by atoms with van der Waals surface area (Å²) in [6.07, 6.45) is 8.79. The van der Waals surface area contributed by atoms with Gasteiger partial charge < -0.3 is 14.4 Å². The highest BCUT2D eigenvalue weighted by Crippen LogP contribution is 2.37. The van der Waals surface area contributed by atoms with Gasteiger partial charge in [-0.15, -0.1) is 0 Å². The quantitative estimate of drug-likeness (QED) is 0.844. The zero-order valence-electron chi connectivity index (χ0n) is 14.2. The van der Waals surface area contributed by atoms with Gasteiger partial charge in [-0.05, 0) is 44.2 Å². The summed E-state index contributed by atoms with van der Waals surface area (Å²) in [7, 11) is 0. The van der Waals surface area contributed by atoms with Crippen LogP contribution in [0.15, 0.2) is 30.0 Å². The molecule has 2 fully saturated rings. The van der Waals surface area contributed by atoms with E-state index in [-0.39, 0.29) is 23.5 Å². The van der Waals surface area contributed by atoms with E-state index in [9.17, 15) is 9.18 Å². The van der Waals surface area contributed by atoms with Crippen molar-refractivity contribution in [1.29, 1.82) is 0 Å². The Balaban J connectivity index is 1.40. The van der Waals surface area contributed by atoms with Crippen molar-refractivity contribution in [1.82, 2.24) is 9.88 Å². The van der Waals surface area contributed by atoms with E-state index in [1.54, 1.807) is 0 Å². The molecule has 1 spiro atoms. The summed E-state index contributed by atoms with van der Waals surface area (Å²) in [5.41, 5.74) is 0.571. The van der Waals surface area contributed by atoms with E-state index >= 15 is 0 Å². The Morgan fingerprint density at radius 3 is 3.16 bits per heavy atom. The van der Waals surface area contributed by atoms with Gasteiger partial charge in [0, 0.05) is 24.7 Å². The van der Waals surface area contributed by atoms with Crippen LogP contribution in [0.5, 0.6) is 5.88 Å². The summed E-state index contributed by atoms with van der Waals surface area (Å²) >= 11 is 0. The number of aromatic nitrogens is 1. The van der Waals surface area contributed by atoms with Crippen LogP contribution < -0.4 is 4.74 Å². The number of ether oxygens (including phenoxy) is 2. The maximum Gasteiger partial charge on any atom is 0.250 e. The van der Waals surface area contributed by atoms with Gasteiger partial charge in [0.1, 0.15) is 6.10 Å². The zero-order chi connectivity index (χ0) is 17.3. The lowest BCUT2D eigenvalue weighted by molar-refractivity contribution is -0.135. The predicted octanol–water partition coefficient (Wildman–Crippen LogP) is 2.86. The summed E-state index contributed by atoms with van der Waals surface area (Å²) in [5, 5.41) is 0. The average molecular weight is 346 g/mol. The molecule has 2 saturated heterocycles. The van der Waals surface area contributed by atoms with E-state index in [0.717, 1.165) is 44.2 Å². The summed E-state index contributed by atoms with van der Waals surface area (Å²) in [4.78, 5) is 18.5. The van der Waals surface area contributed by atoms with E-state index in [0.29, 0.717) is 19.6 Å². The Hall–Kier alpha value is -1.95. The van der Waals surface area contributed by atoms with Crippen molar-refractivity contribution in [2.24, 2.45) is 0 Å². The Morgan fingerprint density at radius 2 is 2.36 bits per heavy atom. The lowest BCUT2D eigenvalue weighted by Gasteiger charge is -2.39. The van der Waals surface area contributed by atoms with Crippen molar-refractivity contribution in [2.45, 2.75) is 50.2 Å². The highest BCUT2D eigenvalue weighted by atomic mass is 19.1. The first-order valence-electron chi connectivity index (χ1n) is 9.05. The van der Waals surface area contributed by atoms with E-state index in [2.05, 4.69) is 11.1 Å². The van der Waals surface area contributed by atoms with Gasteiger partial charge in [0.05, 0.1) is 18.8 Å². The molecule has 2 atom stereocenters. The number of hydrogen-bond donors (Lipinski definition) is 0. The number of hydrogen-bond acceptors (Lipinski definition) is 4. The second-order valence-corrected chi connectivity index (χ2v) is 7.18. The minimum Gasteiger partial charge on any atom is -0.470 e. The summed E-state index contributed by atoms with van der Waals surface area (Å²) in [6.45, 7) is 1.77. The molecular weight excluding hydrogens is 323 g/mol. The van der Waals surface area contributed by atoms with Gasteiger partial charge in [-0.25, -0.2) is 9.37 Å². The molecule has 0 aromatic carbocycles. The molecule has 1 aliphatic carbocycles. The summed E-state index contributed by atoms with van der Waals surface area (Å²) in [6, 6.07) is 2.88. The number of likely N-dealkylation sites (tertiary alicyclic amines) is 1. The van der Waals surface area contributed by atoms with Gasteiger partial charge in [0.2, 0.25) is 5.91 Å². The molecule has 1 aromatic heterocycles. The van der Waals surface area contributed by atoms with Crippen molar-refractivity contribution in [2.75, 3.05) is 19.7 Å². The standard InChI is InChI=1S/C19H23FN2O3/c20-16-7-3-9-21-17(16)25-15-11-19(24-12-15)8-4-10-22(13-19)18(23)14-5-1-2-6-14/h3,5,7,9,15H,1-2,4,6,8,10-13H2/t15-,19-/m0/s1. The molecule has 0 unspecified atom stereocenters. The van der Waals surface area contributed by atoms with Crippen LogP contribution in [-0.4, -0.2) is 47.2 Å². The molecule has 25 heavy (non-hydrogen) atoms. The molecule has 5 nitrogen and oxygen atoms in total. The number of carbonyl (C=O) groups excluding carboxylic acids is 1. The van der Waals surface area contributed by atoms with Gasteiger partial charge in [0.25, 0.3) is 5.88 Å². The molecule has 2 aliphatic heterocycles. The number of rotatable bonds is 3. The fourth-order valence-electron chi connectivity index (χ4n) is 4.12. The van der Waals surface area contributed by atoms with Gasteiger partial charge >= 0.3 is 0 Å². The normalized spacial score (nSPS) is 29.1. The number of nitrogens with zero attached hydrogens (tertiary/aromatic N) is 2. The van der Waals surface area contributed by atoms with Crippen LogP contribution in [0.1, 0.15) is 38.5 Å². The minimum atomic E-state index is -0.461. The average Bonchev–Trinajstić information content (AvgIpc) is 3.27. The maximum absolute atomic E-state index is 13.7. The van der Waals surface area contributed by atoms with Gasteiger partial charge in [-0.2, -0.15) is 0 Å². The fraction of sp³-hybridized carbons (Fsp3) is 0.579. The molecule has 3 aliphatic rings. The summed E-state index contributed by atoms with van der Waals surface area (Å²) < 4.78 is 25.5. The fourth-order valence-corrected chi connectivity index (χ4v) is 4.12. The van der Waals surface area contributed by atoms with Gasteiger partial charge in [-0.1, -0.05) is 6.08 Å². The lowest BCUT2D eigenvalue weighted by atomic mass is 9.89. The van der Waals surface area contributed by atoms with Crippen molar-refractivity contribution in [3.63, 3.8) is 0 Å². The molecule has 4 rings (SSSR count). The number of allylic oxidation sites excluding steroid dienone is 1. The number of amides is 1. The van der Waals surface area contributed by atoms with Crippen LogP contribution in [0.4, 0.5) is 4.39 Å². The molecule has 6 heteroatoms. The Kier molecular flexibility index (Phi) is 4.46. The monoisotopic (exact) mass is 346 g/mol. The van der Waals surface area contributed by atoms with Crippen molar-refractivity contribution in [3.05, 3.63) is 35.8 Å². The molecule has 1 aromatic rings. The molecule has 0 N–H and O–H groups in total. The second kappa shape index (κ2) is 6.75. The van der Waals surface area contributed by atoms with Crippen LogP contribution in [0.3, 0.4) is 0 Å². The van der Waals surface area contributed by atoms with Crippen LogP contribution in [-0.2, 0) is 9.53 Å². The van der Waals surface area contributed by atoms with E-state index in [1.165, 1.54) is 18.3 Å². The molecule has 0 bridgehead atoms. The van der Waals surface area contributed by atoms with E-state index in [4.69, 9.17) is 9.47 Å². The third-order valence-corrected chi connectivity index (χ3v) is 5.32. The Bertz CT molecular complexity index is 693. The smallest absolute Gasteiger partial charge is 0.250 e. The third-order valence-electron chi connectivity index (χ3n) is 5.32. The van der Waals surface area contributed by atoms with Gasteiger partial charge in [0.15, 0.2) is 5.82 Å². The summed E-state index contributed by atoms with van der Waals surface area (Å²) in [5.74, 6) is -0.287. The third kappa shape index (κ3) is 3.40. The highest BCUT2D eigenvalue weighted by molar-refractivity contribution is 5.93. The van der Waals surface area contributed by atoms with Crippen LogP contribution >= 0.6 is 0 Å². The predicted molar refractivity (Wildman–Crippen MR) is 89.7 cm³/mol. The first-order valence-corrected chi connectivity index (χ1v) is 9.05. The zero-order valence-corrected chi connectivity index (χ0v) is 14.2. The molecule has 0 radical (unpaired) electrons. The molecule has 134 valence electrons. The number of halogens is 1. The van der Waals surface area contributed by atoms with Crippen LogP contribution in [0, 0.1) is 5.82 Å². The molecule has 0 saturated carbocycles. The van der Waals surface area contributed by atoms with Crippen molar-refractivity contribution < 1.29 is 18.7 Å². The molecule has 3 heterocycles. The largest absolute Gasteiger partial charge is 0.470 e. The lowest BCUT2D eigenvalue weighted by Crippen LogP contribution is -2.50. The van der Waals surface area contributed by atoms with Crippen LogP contribution in [0.25, 0.3) is 0 Å². The molecular formula is C19H23FN2O3. The first-order chi connectivity index (χ1) is 12.2. The SMILES string of the molecule is O=C(C1=CCCC1)N1CCC[C@]2(C[C@H](Oc3ncccc3F)CO2)C1. The second-order valence-electron chi connectivity index (χ2n) is 7.18. The topological polar surface area (TPSA) is 51.7 Å². The Labute approximate surface area is 146 Å². The van der Waals surface area contributed by atoms with Crippen molar-refractivity contribution >= 4 is 5.91 Å². The van der Waals surface area contributed by atoms with Gasteiger partial charge in [-0.3, -0.25) is 4.79 Å². The number of piperidine rings is 1. The van der Waals surface area contributed by atoms with E-state index < -0.39 is 5.82 Å². The number of carbonyl (C=O) groups is 1. The molecule has 1 amide bonds. The Morgan fingerprint density at radius 1 is 1.44 bits per heavy atom. The van der Waals surface area contributed by atoms with Crippen LogP contribution in [0.2, 0.25) is 0 Å². The minimum absolute atomic E-state index is 0.0213. The highest BCUT2D eigenvalue weighted by Gasteiger charge is 2.46. The van der Waals surface area contributed by atoms with Crippen molar-refractivity contribution in [3.8, 4) is 5.88 Å². The first kappa shape index (κ1) is 16.5. The number of pyridine rings is 1.